The van der Waals surface area contributed by atoms with Gasteiger partial charge in [0.05, 0.1) is 16.5 Å². The summed E-state index contributed by atoms with van der Waals surface area (Å²) in [6, 6.07) is 10.4. The fraction of sp³-hybridized carbons (Fsp3) is 0.133. The zero-order valence-electron chi connectivity index (χ0n) is 11.6. The summed E-state index contributed by atoms with van der Waals surface area (Å²) in [5, 5.41) is 8.82. The SMILES string of the molecule is CN(Cc1ccc(F)cc1F)S(=O)(=O)c1cccc(C#N)c1. The molecule has 0 saturated heterocycles. The molecular formula is C15H12F2N2O2S. The standard InChI is InChI=1S/C15H12F2N2O2S/c1-19(10-12-5-6-13(16)8-15(12)17)22(20,21)14-4-2-3-11(7-14)9-18/h2-8H,10H2,1H3. The Hall–Kier alpha value is -2.30. The third-order valence-electron chi connectivity index (χ3n) is 3.08. The first kappa shape index (κ1) is 16.1. The van der Waals surface area contributed by atoms with Gasteiger partial charge in [-0.05, 0) is 24.3 Å². The van der Waals surface area contributed by atoms with Gasteiger partial charge in [-0.3, -0.25) is 0 Å². The topological polar surface area (TPSA) is 61.2 Å². The van der Waals surface area contributed by atoms with Crippen molar-refractivity contribution in [1.82, 2.24) is 4.31 Å². The second-order valence-corrected chi connectivity index (χ2v) is 6.68. The Labute approximate surface area is 127 Å². The smallest absolute Gasteiger partial charge is 0.207 e. The molecule has 4 nitrogen and oxygen atoms in total. The normalized spacial score (nSPS) is 11.4. The monoisotopic (exact) mass is 322 g/mol. The molecule has 7 heteroatoms. The Morgan fingerprint density at radius 3 is 2.55 bits per heavy atom. The molecule has 2 aromatic carbocycles. The van der Waals surface area contributed by atoms with Crippen molar-refractivity contribution in [2.75, 3.05) is 7.05 Å². The summed E-state index contributed by atoms with van der Waals surface area (Å²) in [4.78, 5) is -0.0587. The Bertz CT molecular complexity index is 845. The molecular weight excluding hydrogens is 310 g/mol. The molecule has 0 radical (unpaired) electrons. The maximum absolute atomic E-state index is 13.6. The maximum Gasteiger partial charge on any atom is 0.243 e. The van der Waals surface area contributed by atoms with Crippen molar-refractivity contribution < 1.29 is 17.2 Å². The molecule has 0 aromatic heterocycles. The van der Waals surface area contributed by atoms with E-state index >= 15 is 0 Å². The average Bonchev–Trinajstić information content (AvgIpc) is 2.50. The van der Waals surface area contributed by atoms with Crippen LogP contribution >= 0.6 is 0 Å². The van der Waals surface area contributed by atoms with E-state index in [0.717, 1.165) is 10.4 Å². The van der Waals surface area contributed by atoms with Crippen LogP contribution in [0.2, 0.25) is 0 Å². The molecule has 0 aliphatic rings. The first-order chi connectivity index (χ1) is 10.3. The van der Waals surface area contributed by atoms with Crippen molar-refractivity contribution in [3.05, 3.63) is 65.2 Å². The minimum absolute atomic E-state index is 0.0587. The van der Waals surface area contributed by atoms with Gasteiger partial charge >= 0.3 is 0 Å². The van der Waals surface area contributed by atoms with Crippen LogP contribution in [-0.4, -0.2) is 19.8 Å². The van der Waals surface area contributed by atoms with E-state index in [-0.39, 0.29) is 22.6 Å². The van der Waals surface area contributed by atoms with Gasteiger partial charge in [-0.2, -0.15) is 9.57 Å². The minimum Gasteiger partial charge on any atom is -0.207 e. The second kappa shape index (κ2) is 6.22. The van der Waals surface area contributed by atoms with Crippen LogP contribution < -0.4 is 0 Å². The summed E-state index contributed by atoms with van der Waals surface area (Å²) in [7, 11) is -2.59. The van der Waals surface area contributed by atoms with Gasteiger partial charge in [-0.25, -0.2) is 17.2 Å². The molecule has 22 heavy (non-hydrogen) atoms. The number of hydrogen-bond acceptors (Lipinski definition) is 3. The van der Waals surface area contributed by atoms with E-state index in [1.165, 1.54) is 37.4 Å². The van der Waals surface area contributed by atoms with Crippen molar-refractivity contribution in [2.45, 2.75) is 11.4 Å². The van der Waals surface area contributed by atoms with Crippen molar-refractivity contribution >= 4 is 10.0 Å². The van der Waals surface area contributed by atoms with Crippen LogP contribution in [0.15, 0.2) is 47.4 Å². The summed E-state index contributed by atoms with van der Waals surface area (Å²) in [6.45, 7) is -0.245. The molecule has 0 aliphatic heterocycles. The van der Waals surface area contributed by atoms with Crippen LogP contribution in [0, 0.1) is 23.0 Å². The van der Waals surface area contributed by atoms with Crippen LogP contribution in [0.25, 0.3) is 0 Å². The van der Waals surface area contributed by atoms with Crippen LogP contribution in [0.3, 0.4) is 0 Å². The predicted molar refractivity (Wildman–Crippen MR) is 76.2 cm³/mol. The van der Waals surface area contributed by atoms with Gasteiger partial charge in [-0.1, -0.05) is 12.1 Å². The van der Waals surface area contributed by atoms with E-state index in [9.17, 15) is 17.2 Å². The van der Waals surface area contributed by atoms with E-state index in [2.05, 4.69) is 0 Å². The first-order valence-electron chi connectivity index (χ1n) is 6.25. The lowest BCUT2D eigenvalue weighted by molar-refractivity contribution is 0.454. The van der Waals surface area contributed by atoms with Gasteiger partial charge < -0.3 is 0 Å². The van der Waals surface area contributed by atoms with Gasteiger partial charge in [0.1, 0.15) is 11.6 Å². The van der Waals surface area contributed by atoms with Gasteiger partial charge in [-0.15, -0.1) is 0 Å². The summed E-state index contributed by atoms with van der Waals surface area (Å²) in [6.07, 6.45) is 0. The number of benzene rings is 2. The molecule has 0 bridgehead atoms. The molecule has 0 aliphatic carbocycles. The summed E-state index contributed by atoms with van der Waals surface area (Å²) >= 11 is 0. The van der Waals surface area contributed by atoms with E-state index < -0.39 is 21.7 Å². The predicted octanol–water partition coefficient (Wildman–Crippen LogP) is 2.66. The Kier molecular flexibility index (Phi) is 4.54. The zero-order chi connectivity index (χ0) is 16.3. The fourth-order valence-electron chi connectivity index (χ4n) is 1.88. The van der Waals surface area contributed by atoms with Crippen LogP contribution in [0.4, 0.5) is 8.78 Å². The molecule has 0 atom stereocenters. The summed E-state index contributed by atoms with van der Waals surface area (Å²) in [5.41, 5.74) is 0.270. The van der Waals surface area contributed by atoms with Crippen LogP contribution in [0.5, 0.6) is 0 Å². The maximum atomic E-state index is 13.6. The Morgan fingerprint density at radius 2 is 1.91 bits per heavy atom. The summed E-state index contributed by atoms with van der Waals surface area (Å²) in [5.74, 6) is -1.54. The molecule has 2 rings (SSSR count). The third-order valence-corrected chi connectivity index (χ3v) is 4.88. The van der Waals surface area contributed by atoms with E-state index in [1.807, 2.05) is 6.07 Å². The van der Waals surface area contributed by atoms with E-state index in [4.69, 9.17) is 5.26 Å². The quantitative estimate of drug-likeness (QED) is 0.869. The lowest BCUT2D eigenvalue weighted by Crippen LogP contribution is -2.27. The lowest BCUT2D eigenvalue weighted by Gasteiger charge is -2.17. The molecule has 114 valence electrons. The highest BCUT2D eigenvalue weighted by Gasteiger charge is 2.22. The van der Waals surface area contributed by atoms with Crippen molar-refractivity contribution in [2.24, 2.45) is 0 Å². The van der Waals surface area contributed by atoms with E-state index in [1.54, 1.807) is 0 Å². The molecule has 0 spiro atoms. The highest BCUT2D eigenvalue weighted by molar-refractivity contribution is 7.89. The van der Waals surface area contributed by atoms with Crippen molar-refractivity contribution in [3.8, 4) is 6.07 Å². The molecule has 2 aromatic rings. The molecule has 0 N–H and O–H groups in total. The molecule has 0 heterocycles. The molecule has 0 unspecified atom stereocenters. The van der Waals surface area contributed by atoms with Crippen molar-refractivity contribution in [1.29, 1.82) is 5.26 Å². The fourth-order valence-corrected chi connectivity index (χ4v) is 3.08. The second-order valence-electron chi connectivity index (χ2n) is 4.64. The summed E-state index contributed by atoms with van der Waals surface area (Å²) < 4.78 is 52.2. The third kappa shape index (κ3) is 3.30. The molecule has 0 saturated carbocycles. The number of sulfonamides is 1. The largest absolute Gasteiger partial charge is 0.243 e. The minimum atomic E-state index is -3.87. The Balaban J connectivity index is 2.31. The highest BCUT2D eigenvalue weighted by atomic mass is 32.2. The van der Waals surface area contributed by atoms with Gasteiger partial charge in [0.25, 0.3) is 0 Å². The van der Waals surface area contributed by atoms with Gasteiger partial charge in [0.2, 0.25) is 10.0 Å². The number of hydrogen-bond donors (Lipinski definition) is 0. The number of nitriles is 1. The van der Waals surface area contributed by atoms with Gasteiger partial charge in [0.15, 0.2) is 0 Å². The highest BCUT2D eigenvalue weighted by Crippen LogP contribution is 2.19. The zero-order valence-corrected chi connectivity index (χ0v) is 12.4. The number of rotatable bonds is 4. The average molecular weight is 322 g/mol. The van der Waals surface area contributed by atoms with Crippen molar-refractivity contribution in [3.63, 3.8) is 0 Å². The first-order valence-corrected chi connectivity index (χ1v) is 7.69. The number of nitrogens with zero attached hydrogens (tertiary/aromatic N) is 2. The van der Waals surface area contributed by atoms with Crippen LogP contribution in [0.1, 0.15) is 11.1 Å². The molecule has 0 fully saturated rings. The lowest BCUT2D eigenvalue weighted by atomic mass is 10.2. The van der Waals surface area contributed by atoms with Crippen LogP contribution in [-0.2, 0) is 16.6 Å². The Morgan fingerprint density at radius 1 is 1.18 bits per heavy atom. The number of halogens is 2. The van der Waals surface area contributed by atoms with E-state index in [0.29, 0.717) is 6.07 Å². The molecule has 0 amide bonds. The van der Waals surface area contributed by atoms with Gasteiger partial charge in [0, 0.05) is 25.2 Å².